The Labute approximate surface area is 317 Å². The molecule has 2 heteroatoms. The summed E-state index contributed by atoms with van der Waals surface area (Å²) in [6.07, 6.45) is 6.41. The molecule has 2 aliphatic carbocycles. The van der Waals surface area contributed by atoms with Gasteiger partial charge in [-0.05, 0) is 86.7 Å². The molecule has 2 aliphatic rings. The third-order valence-electron chi connectivity index (χ3n) is 11.7. The van der Waals surface area contributed by atoms with Crippen molar-refractivity contribution in [2.75, 3.05) is 0 Å². The number of nitrogens with zero attached hydrogens (tertiary/aromatic N) is 2. The number of hydrogen-bond acceptors (Lipinski definition) is 2. The maximum atomic E-state index is 5.16. The summed E-state index contributed by atoms with van der Waals surface area (Å²) in [5.74, 6) is 0.719. The first kappa shape index (κ1) is 32.3. The zero-order valence-corrected chi connectivity index (χ0v) is 30.3. The highest BCUT2D eigenvalue weighted by Crippen LogP contribution is 2.57. The normalized spacial score (nSPS) is 14.1. The number of benzene rings is 7. The van der Waals surface area contributed by atoms with Gasteiger partial charge in [-0.2, -0.15) is 0 Å². The first-order chi connectivity index (χ1) is 26.7. The lowest BCUT2D eigenvalue weighted by Crippen LogP contribution is -2.27. The van der Waals surface area contributed by atoms with Crippen molar-refractivity contribution in [2.45, 2.75) is 37.5 Å². The van der Waals surface area contributed by atoms with E-state index in [-0.39, 0.29) is 5.41 Å². The Hall–Kier alpha value is -6.38. The van der Waals surface area contributed by atoms with E-state index in [2.05, 4.69) is 164 Å². The van der Waals surface area contributed by atoms with Crippen molar-refractivity contribution in [3.63, 3.8) is 0 Å². The molecular weight excluding hydrogens is 653 g/mol. The van der Waals surface area contributed by atoms with E-state index in [1.165, 1.54) is 87.7 Å². The monoisotopic (exact) mass is 692 g/mol. The lowest BCUT2D eigenvalue weighted by molar-refractivity contribution is 0.353. The van der Waals surface area contributed by atoms with Crippen LogP contribution in [0.5, 0.6) is 0 Å². The number of aromatic nitrogens is 2. The Morgan fingerprint density at radius 3 is 1.57 bits per heavy atom. The zero-order chi connectivity index (χ0) is 35.9. The second kappa shape index (κ2) is 13.5. The highest BCUT2D eigenvalue weighted by Gasteiger charge is 2.44. The van der Waals surface area contributed by atoms with E-state index < -0.39 is 0 Å². The molecule has 0 radical (unpaired) electrons. The maximum absolute atomic E-state index is 5.16. The van der Waals surface area contributed by atoms with Gasteiger partial charge < -0.3 is 0 Å². The van der Waals surface area contributed by atoms with Crippen LogP contribution in [0.1, 0.15) is 43.2 Å². The largest absolute Gasteiger partial charge is 0.228 e. The molecule has 1 heterocycles. The zero-order valence-electron chi connectivity index (χ0n) is 30.3. The molecule has 0 N–H and O–H groups in total. The van der Waals surface area contributed by atoms with E-state index in [1.807, 2.05) is 18.2 Å². The van der Waals surface area contributed by atoms with Crippen molar-refractivity contribution < 1.29 is 0 Å². The Morgan fingerprint density at radius 1 is 0.333 bits per heavy atom. The van der Waals surface area contributed by atoms with Gasteiger partial charge in [0, 0.05) is 22.1 Å². The third-order valence-corrected chi connectivity index (χ3v) is 11.7. The molecular formula is C52H40N2. The Balaban J connectivity index is 1.04. The summed E-state index contributed by atoms with van der Waals surface area (Å²) in [4.78, 5) is 10.2. The van der Waals surface area contributed by atoms with Crippen LogP contribution in [-0.2, 0) is 5.41 Å². The molecule has 0 aliphatic heterocycles. The number of hydrogen-bond donors (Lipinski definition) is 0. The van der Waals surface area contributed by atoms with Crippen LogP contribution in [0.4, 0.5) is 0 Å². The van der Waals surface area contributed by atoms with Crippen LogP contribution >= 0.6 is 0 Å². The Kier molecular flexibility index (Phi) is 8.10. The van der Waals surface area contributed by atoms with Crippen LogP contribution in [0.2, 0.25) is 0 Å². The molecule has 0 bridgehead atoms. The lowest BCUT2D eigenvalue weighted by Gasteiger charge is -2.36. The quantitative estimate of drug-likeness (QED) is 0.173. The molecule has 0 saturated heterocycles. The standard InChI is InChI=1S/C52H40N2/c1-4-15-36(16-5-1)37-27-29-38(30-28-37)48-35-49(54-51(53-48)39-17-6-2-7-18-39)43-22-13-20-41(34-43)40-19-12-21-42(33-40)44-24-14-26-47-50(44)45-23-8-9-25-46(45)52(47)31-10-3-11-32-52/h1-2,4-9,12-30,33-35H,3,10-11,31-32H2. The van der Waals surface area contributed by atoms with Crippen molar-refractivity contribution in [3.8, 4) is 78.4 Å². The average Bonchev–Trinajstić information content (AvgIpc) is 3.53. The second-order valence-corrected chi connectivity index (χ2v) is 14.8. The molecule has 10 rings (SSSR count). The van der Waals surface area contributed by atoms with E-state index in [9.17, 15) is 0 Å². The van der Waals surface area contributed by atoms with E-state index >= 15 is 0 Å². The maximum Gasteiger partial charge on any atom is 0.160 e. The molecule has 1 spiro atoms. The van der Waals surface area contributed by atoms with Crippen molar-refractivity contribution in [1.29, 1.82) is 0 Å². The minimum absolute atomic E-state index is 0.144. The van der Waals surface area contributed by atoms with Gasteiger partial charge >= 0.3 is 0 Å². The van der Waals surface area contributed by atoms with E-state index in [1.54, 1.807) is 0 Å². The Bertz CT molecular complexity index is 2620. The first-order valence-corrected chi connectivity index (χ1v) is 19.3. The molecule has 54 heavy (non-hydrogen) atoms. The molecule has 8 aromatic rings. The van der Waals surface area contributed by atoms with Crippen LogP contribution in [0, 0.1) is 0 Å². The van der Waals surface area contributed by atoms with Gasteiger partial charge in [0.2, 0.25) is 0 Å². The van der Waals surface area contributed by atoms with Gasteiger partial charge in [0.05, 0.1) is 11.4 Å². The number of fused-ring (bicyclic) bond motifs is 5. The highest BCUT2D eigenvalue weighted by molar-refractivity contribution is 5.93. The van der Waals surface area contributed by atoms with Crippen molar-refractivity contribution >= 4 is 0 Å². The fourth-order valence-corrected chi connectivity index (χ4v) is 9.09. The van der Waals surface area contributed by atoms with Gasteiger partial charge in [0.15, 0.2) is 5.82 Å². The van der Waals surface area contributed by atoms with Crippen LogP contribution in [0.3, 0.4) is 0 Å². The molecule has 2 nitrogen and oxygen atoms in total. The van der Waals surface area contributed by atoms with E-state index in [4.69, 9.17) is 9.97 Å². The van der Waals surface area contributed by atoms with Crippen molar-refractivity contribution in [3.05, 3.63) is 193 Å². The summed E-state index contributed by atoms with van der Waals surface area (Å²) >= 11 is 0. The van der Waals surface area contributed by atoms with Gasteiger partial charge in [-0.25, -0.2) is 9.97 Å². The minimum atomic E-state index is 0.144. The fourth-order valence-electron chi connectivity index (χ4n) is 9.09. The smallest absolute Gasteiger partial charge is 0.160 e. The molecule has 1 aromatic heterocycles. The van der Waals surface area contributed by atoms with Gasteiger partial charge in [-0.15, -0.1) is 0 Å². The van der Waals surface area contributed by atoms with Gasteiger partial charge in [-0.3, -0.25) is 0 Å². The van der Waals surface area contributed by atoms with E-state index in [0.29, 0.717) is 0 Å². The minimum Gasteiger partial charge on any atom is -0.228 e. The molecule has 0 unspecified atom stereocenters. The number of rotatable bonds is 6. The Morgan fingerprint density at radius 2 is 0.833 bits per heavy atom. The van der Waals surface area contributed by atoms with Crippen LogP contribution < -0.4 is 0 Å². The summed E-state index contributed by atoms with van der Waals surface area (Å²) in [6.45, 7) is 0. The second-order valence-electron chi connectivity index (χ2n) is 14.8. The fraction of sp³-hybridized carbons (Fsp3) is 0.115. The summed E-state index contributed by atoms with van der Waals surface area (Å²) in [5, 5.41) is 0. The van der Waals surface area contributed by atoms with E-state index in [0.717, 1.165) is 33.9 Å². The van der Waals surface area contributed by atoms with Gasteiger partial charge in [0.1, 0.15) is 0 Å². The van der Waals surface area contributed by atoms with Crippen molar-refractivity contribution in [2.24, 2.45) is 0 Å². The molecule has 0 atom stereocenters. The third kappa shape index (κ3) is 5.67. The summed E-state index contributed by atoms with van der Waals surface area (Å²) in [6, 6.07) is 65.7. The predicted octanol–water partition coefficient (Wildman–Crippen LogP) is 13.7. The summed E-state index contributed by atoms with van der Waals surface area (Å²) in [5.41, 5.74) is 18.3. The SMILES string of the molecule is c1ccc(-c2ccc(-c3cc(-c4cccc(-c5cccc(-c6cccc7c6-c6ccccc6C76CCCCC6)c5)c4)nc(-c4ccccc4)n3)cc2)cc1. The predicted molar refractivity (Wildman–Crippen MR) is 224 cm³/mol. The van der Waals surface area contributed by atoms with Crippen LogP contribution in [0.15, 0.2) is 182 Å². The van der Waals surface area contributed by atoms with Crippen molar-refractivity contribution in [1.82, 2.24) is 9.97 Å². The molecule has 1 fully saturated rings. The molecule has 1 saturated carbocycles. The highest BCUT2D eigenvalue weighted by atomic mass is 14.9. The molecule has 0 amide bonds. The van der Waals surface area contributed by atoms with Crippen LogP contribution in [-0.4, -0.2) is 9.97 Å². The van der Waals surface area contributed by atoms with Gasteiger partial charge in [-0.1, -0.05) is 183 Å². The molecule has 258 valence electrons. The average molecular weight is 693 g/mol. The lowest BCUT2D eigenvalue weighted by atomic mass is 9.68. The van der Waals surface area contributed by atoms with Gasteiger partial charge in [0.25, 0.3) is 0 Å². The first-order valence-electron chi connectivity index (χ1n) is 19.3. The topological polar surface area (TPSA) is 25.8 Å². The molecule has 7 aromatic carbocycles. The summed E-state index contributed by atoms with van der Waals surface area (Å²) in [7, 11) is 0. The van der Waals surface area contributed by atoms with Crippen LogP contribution in [0.25, 0.3) is 78.4 Å². The summed E-state index contributed by atoms with van der Waals surface area (Å²) < 4.78 is 0.